The second-order valence-electron chi connectivity index (χ2n) is 8.52. The Morgan fingerprint density at radius 2 is 1.90 bits per heavy atom. The number of aryl methyl sites for hydroxylation is 1. The quantitative estimate of drug-likeness (QED) is 0.579. The van der Waals surface area contributed by atoms with Crippen LogP contribution in [-0.2, 0) is 14.8 Å². The number of benzene rings is 2. The molecule has 0 unspecified atom stereocenters. The summed E-state index contributed by atoms with van der Waals surface area (Å²) in [6.45, 7) is 3.95. The van der Waals surface area contributed by atoms with Crippen molar-refractivity contribution in [2.24, 2.45) is 5.41 Å². The first-order valence-corrected chi connectivity index (χ1v) is 11.9. The highest BCUT2D eigenvalue weighted by Gasteiger charge is 2.45. The van der Waals surface area contributed by atoms with E-state index in [9.17, 15) is 18.3 Å². The van der Waals surface area contributed by atoms with Crippen LogP contribution in [0, 0.1) is 12.3 Å². The van der Waals surface area contributed by atoms with Gasteiger partial charge in [-0.05, 0) is 74.4 Å². The lowest BCUT2D eigenvalue weighted by molar-refractivity contribution is -0.149. The van der Waals surface area contributed by atoms with Crippen molar-refractivity contribution in [3.8, 4) is 0 Å². The molecule has 6 heteroatoms. The van der Waals surface area contributed by atoms with E-state index in [1.54, 1.807) is 30.5 Å². The largest absolute Gasteiger partial charge is 0.481 e. The SMILES string of the molecule is CCC[C@@]1(C(=O)O)CC[C@H](c2ccc3c(ccn3S(=O)(=O)c3ccc(C)cc3)c2)C1. The fourth-order valence-electron chi connectivity index (χ4n) is 4.84. The van der Waals surface area contributed by atoms with Gasteiger partial charge < -0.3 is 5.11 Å². The highest BCUT2D eigenvalue weighted by molar-refractivity contribution is 7.90. The molecule has 158 valence electrons. The standard InChI is InChI=1S/C24H27NO4S/c1-3-12-24(23(26)27)13-10-20(16-24)18-6-9-22-19(15-18)11-14-25(22)30(28,29)21-7-4-17(2)5-8-21/h4-9,11,14-15,20H,3,10,12-13,16H2,1-2H3,(H,26,27)/t20-,24+/m0/s1. The summed E-state index contributed by atoms with van der Waals surface area (Å²) in [6, 6.07) is 14.5. The second-order valence-corrected chi connectivity index (χ2v) is 10.3. The molecule has 1 saturated carbocycles. The van der Waals surface area contributed by atoms with Gasteiger partial charge in [-0.2, -0.15) is 0 Å². The summed E-state index contributed by atoms with van der Waals surface area (Å²) in [5.74, 6) is -0.502. The third-order valence-electron chi connectivity index (χ3n) is 6.52. The van der Waals surface area contributed by atoms with Crippen LogP contribution in [-0.4, -0.2) is 23.5 Å². The molecule has 30 heavy (non-hydrogen) atoms. The molecule has 0 bridgehead atoms. The first kappa shape index (κ1) is 20.7. The molecule has 3 aromatic rings. The Bertz CT molecular complexity index is 1190. The van der Waals surface area contributed by atoms with Crippen molar-refractivity contribution in [1.82, 2.24) is 3.97 Å². The topological polar surface area (TPSA) is 76.4 Å². The summed E-state index contributed by atoms with van der Waals surface area (Å²) in [7, 11) is -3.67. The minimum absolute atomic E-state index is 0.189. The molecule has 4 rings (SSSR count). The van der Waals surface area contributed by atoms with Crippen molar-refractivity contribution < 1.29 is 18.3 Å². The molecule has 0 aliphatic heterocycles. The Hall–Kier alpha value is -2.60. The Labute approximate surface area is 177 Å². The van der Waals surface area contributed by atoms with Crippen LogP contribution in [0.2, 0.25) is 0 Å². The van der Waals surface area contributed by atoms with E-state index >= 15 is 0 Å². The number of aromatic nitrogens is 1. The van der Waals surface area contributed by atoms with Crippen LogP contribution in [0.3, 0.4) is 0 Å². The fraction of sp³-hybridized carbons (Fsp3) is 0.375. The van der Waals surface area contributed by atoms with Crippen molar-refractivity contribution >= 4 is 26.9 Å². The molecule has 0 saturated heterocycles. The van der Waals surface area contributed by atoms with Crippen LogP contribution >= 0.6 is 0 Å². The van der Waals surface area contributed by atoms with E-state index in [2.05, 4.69) is 0 Å². The fourth-order valence-corrected chi connectivity index (χ4v) is 6.19. The van der Waals surface area contributed by atoms with E-state index < -0.39 is 21.4 Å². The van der Waals surface area contributed by atoms with E-state index in [4.69, 9.17) is 0 Å². The van der Waals surface area contributed by atoms with Crippen LogP contribution < -0.4 is 0 Å². The molecule has 2 aromatic carbocycles. The van der Waals surface area contributed by atoms with Gasteiger partial charge in [0.05, 0.1) is 15.8 Å². The molecule has 0 spiro atoms. The minimum atomic E-state index is -3.67. The molecule has 1 aliphatic carbocycles. The van der Waals surface area contributed by atoms with E-state index in [0.29, 0.717) is 24.8 Å². The van der Waals surface area contributed by atoms with E-state index in [-0.39, 0.29) is 10.8 Å². The highest BCUT2D eigenvalue weighted by Crippen LogP contribution is 2.49. The average Bonchev–Trinajstić information content (AvgIpc) is 3.33. The predicted octanol–water partition coefficient (Wildman–Crippen LogP) is 5.33. The number of carbonyl (C=O) groups is 1. The van der Waals surface area contributed by atoms with Gasteiger partial charge in [0, 0.05) is 11.6 Å². The smallest absolute Gasteiger partial charge is 0.309 e. The summed E-state index contributed by atoms with van der Waals surface area (Å²) < 4.78 is 27.5. The molecule has 0 radical (unpaired) electrons. The maximum Gasteiger partial charge on any atom is 0.309 e. The Kier molecular flexibility index (Phi) is 5.22. The van der Waals surface area contributed by atoms with Crippen molar-refractivity contribution in [2.45, 2.75) is 56.8 Å². The maximum atomic E-state index is 13.1. The molecular formula is C24H27NO4S. The number of aliphatic carboxylic acids is 1. The van der Waals surface area contributed by atoms with Crippen molar-refractivity contribution in [3.63, 3.8) is 0 Å². The van der Waals surface area contributed by atoms with E-state index in [1.807, 2.05) is 38.1 Å². The lowest BCUT2D eigenvalue weighted by Gasteiger charge is -2.23. The number of rotatable bonds is 6. The third-order valence-corrected chi connectivity index (χ3v) is 8.22. The normalized spacial score (nSPS) is 21.9. The highest BCUT2D eigenvalue weighted by atomic mass is 32.2. The molecule has 5 nitrogen and oxygen atoms in total. The lowest BCUT2D eigenvalue weighted by atomic mass is 9.80. The number of carboxylic acids is 1. The summed E-state index contributed by atoms with van der Waals surface area (Å²) in [6.07, 6.45) is 5.34. The zero-order valence-electron chi connectivity index (χ0n) is 17.3. The van der Waals surface area contributed by atoms with Gasteiger partial charge in [0.1, 0.15) is 0 Å². The lowest BCUT2D eigenvalue weighted by Crippen LogP contribution is -2.27. The predicted molar refractivity (Wildman–Crippen MR) is 117 cm³/mol. The second kappa shape index (κ2) is 7.58. The van der Waals surface area contributed by atoms with Crippen LogP contribution in [0.1, 0.15) is 56.1 Å². The maximum absolute atomic E-state index is 13.1. The molecule has 1 fully saturated rings. The summed E-state index contributed by atoms with van der Waals surface area (Å²) in [4.78, 5) is 12.2. The zero-order chi connectivity index (χ0) is 21.5. The van der Waals surface area contributed by atoms with Gasteiger partial charge in [-0.3, -0.25) is 4.79 Å². The summed E-state index contributed by atoms with van der Waals surface area (Å²) in [5, 5.41) is 10.6. The Morgan fingerprint density at radius 1 is 1.17 bits per heavy atom. The number of hydrogen-bond acceptors (Lipinski definition) is 3. The summed E-state index contributed by atoms with van der Waals surface area (Å²) >= 11 is 0. The third kappa shape index (κ3) is 3.43. The monoisotopic (exact) mass is 425 g/mol. The average molecular weight is 426 g/mol. The first-order valence-electron chi connectivity index (χ1n) is 10.4. The number of hydrogen-bond donors (Lipinski definition) is 1. The molecular weight excluding hydrogens is 398 g/mol. The molecule has 1 aromatic heterocycles. The van der Waals surface area contributed by atoms with Gasteiger partial charge >= 0.3 is 5.97 Å². The number of carboxylic acid groups (broad SMARTS) is 1. The van der Waals surface area contributed by atoms with Crippen molar-refractivity contribution in [1.29, 1.82) is 0 Å². The van der Waals surface area contributed by atoms with Crippen molar-refractivity contribution in [3.05, 3.63) is 65.9 Å². The molecule has 1 N–H and O–H groups in total. The first-order chi connectivity index (χ1) is 14.3. The van der Waals surface area contributed by atoms with E-state index in [0.717, 1.165) is 29.4 Å². The Balaban J connectivity index is 1.66. The van der Waals surface area contributed by atoms with Gasteiger partial charge in [0.15, 0.2) is 0 Å². The molecule has 0 amide bonds. The molecule has 1 heterocycles. The van der Waals surface area contributed by atoms with Crippen LogP contribution in [0.4, 0.5) is 0 Å². The zero-order valence-corrected chi connectivity index (χ0v) is 18.2. The van der Waals surface area contributed by atoms with Crippen LogP contribution in [0.25, 0.3) is 10.9 Å². The van der Waals surface area contributed by atoms with Gasteiger partial charge in [-0.1, -0.05) is 37.1 Å². The summed E-state index contributed by atoms with van der Waals surface area (Å²) in [5.41, 5.74) is 2.10. The van der Waals surface area contributed by atoms with Crippen molar-refractivity contribution in [2.75, 3.05) is 0 Å². The number of nitrogens with zero attached hydrogens (tertiary/aromatic N) is 1. The van der Waals surface area contributed by atoms with Gasteiger partial charge in [-0.15, -0.1) is 0 Å². The van der Waals surface area contributed by atoms with Gasteiger partial charge in [0.2, 0.25) is 0 Å². The Morgan fingerprint density at radius 3 is 2.57 bits per heavy atom. The number of fused-ring (bicyclic) bond motifs is 1. The molecule has 1 aliphatic rings. The minimum Gasteiger partial charge on any atom is -0.481 e. The van der Waals surface area contributed by atoms with Crippen LogP contribution in [0.5, 0.6) is 0 Å². The molecule has 2 atom stereocenters. The van der Waals surface area contributed by atoms with E-state index in [1.165, 1.54) is 3.97 Å². The van der Waals surface area contributed by atoms with Crippen LogP contribution in [0.15, 0.2) is 59.6 Å². The van der Waals surface area contributed by atoms with Gasteiger partial charge in [-0.25, -0.2) is 12.4 Å². The van der Waals surface area contributed by atoms with Gasteiger partial charge in [0.25, 0.3) is 10.0 Å².